The van der Waals surface area contributed by atoms with Crippen LogP contribution in [0.25, 0.3) is 43.2 Å². The molecule has 3 N–H and O–H groups in total. The van der Waals surface area contributed by atoms with Gasteiger partial charge in [-0.3, -0.25) is 0 Å². The number of fused-ring (bicyclic) bond motifs is 7. The third-order valence-electron chi connectivity index (χ3n) is 13.2. The van der Waals surface area contributed by atoms with Crippen LogP contribution in [0.15, 0.2) is 85.3 Å². The lowest BCUT2D eigenvalue weighted by Gasteiger charge is -2.25. The van der Waals surface area contributed by atoms with Crippen molar-refractivity contribution in [2.75, 3.05) is 133 Å². The molecule has 456 valence electrons. The van der Waals surface area contributed by atoms with Gasteiger partial charge in [-0.15, -0.1) is 11.3 Å². The minimum absolute atomic E-state index is 0.00192. The number of aliphatic carboxylic acids is 1. The SMILES string of the molecule is CNCCNC[C@@H]1COc2ccc(OCc3ccnc(-c4ccc(OCCOCCOCCOCCOCCOCCOCCOC)cc4)n3)c(c2)C[C@H](C(=O)O)Oc2ncnc3sc(-c4ccc(F)cc4)c(c23)-c2c(C)c(Cl)c(c(Cl)c2C)O1. The van der Waals surface area contributed by atoms with Crippen molar-refractivity contribution >= 4 is 50.7 Å². The molecule has 0 aliphatic carbocycles. The van der Waals surface area contributed by atoms with Gasteiger partial charge < -0.3 is 72.6 Å². The number of benzene rings is 4. The summed E-state index contributed by atoms with van der Waals surface area (Å²) < 4.78 is 84.4. The number of nitrogens with zero attached hydrogens (tertiary/aromatic N) is 4. The molecule has 2 aliphatic rings. The summed E-state index contributed by atoms with van der Waals surface area (Å²) in [4.78, 5) is 33.1. The molecule has 9 rings (SSSR count). The first kappa shape index (κ1) is 64.6. The number of likely N-dealkylation sites (N-methyl/N-ethyl adjacent to an activating group) is 1. The van der Waals surface area contributed by atoms with Gasteiger partial charge in [0, 0.05) is 60.9 Å². The highest BCUT2D eigenvalue weighted by atomic mass is 35.5. The minimum Gasteiger partial charge on any atom is -0.491 e. The Hall–Kier alpha value is -6.38. The molecule has 5 heterocycles. The molecule has 0 radical (unpaired) electrons. The third kappa shape index (κ3) is 18.8. The van der Waals surface area contributed by atoms with Crippen LogP contribution in [0.5, 0.6) is 28.9 Å². The van der Waals surface area contributed by atoms with Gasteiger partial charge in [0.1, 0.15) is 60.1 Å². The largest absolute Gasteiger partial charge is 0.491 e. The molecule has 0 saturated heterocycles. The van der Waals surface area contributed by atoms with Crippen molar-refractivity contribution < 1.29 is 71.1 Å². The molecule has 0 unspecified atom stereocenters. The van der Waals surface area contributed by atoms with Crippen molar-refractivity contribution in [3.8, 4) is 61.8 Å². The molecule has 7 aromatic rings. The molecule has 0 amide bonds. The number of hydrogen-bond acceptors (Lipinski definition) is 20. The average molecular weight is 1230 g/mol. The summed E-state index contributed by atoms with van der Waals surface area (Å²) >= 11 is 15.9. The van der Waals surface area contributed by atoms with Crippen molar-refractivity contribution in [3.63, 3.8) is 0 Å². The summed E-state index contributed by atoms with van der Waals surface area (Å²) in [6.07, 6.45) is 0.667. The van der Waals surface area contributed by atoms with E-state index in [2.05, 4.69) is 25.6 Å². The molecule has 3 aromatic heterocycles. The number of carboxylic acid groups (broad SMARTS) is 1. The van der Waals surface area contributed by atoms with E-state index in [9.17, 15) is 14.3 Å². The Labute approximate surface area is 507 Å². The van der Waals surface area contributed by atoms with Gasteiger partial charge >= 0.3 is 5.97 Å². The second-order valence-corrected chi connectivity index (χ2v) is 21.0. The van der Waals surface area contributed by atoms with Crippen LogP contribution in [0.2, 0.25) is 10.0 Å². The van der Waals surface area contributed by atoms with E-state index in [1.54, 1.807) is 49.7 Å². The Bertz CT molecular complexity index is 3190. The summed E-state index contributed by atoms with van der Waals surface area (Å²) in [6.45, 7) is 12.0. The lowest BCUT2D eigenvalue weighted by atomic mass is 9.92. The molecule has 0 fully saturated rings. The minimum atomic E-state index is -1.50. The smallest absolute Gasteiger partial charge is 0.345 e. The Balaban J connectivity index is 0.902. The highest BCUT2D eigenvalue weighted by Crippen LogP contribution is 2.53. The third-order valence-corrected chi connectivity index (χ3v) is 15.3. The summed E-state index contributed by atoms with van der Waals surface area (Å²) in [7, 11) is 3.50. The second-order valence-electron chi connectivity index (χ2n) is 19.2. The van der Waals surface area contributed by atoms with Crippen molar-refractivity contribution in [2.45, 2.75) is 39.1 Å². The first-order valence-corrected chi connectivity index (χ1v) is 29.4. The molecule has 2 atom stereocenters. The van der Waals surface area contributed by atoms with Crippen LogP contribution in [-0.4, -0.2) is 176 Å². The number of carbonyl (C=O) groups is 1. The highest BCUT2D eigenvalue weighted by Gasteiger charge is 2.32. The zero-order valence-electron chi connectivity index (χ0n) is 48.0. The second kappa shape index (κ2) is 34.1. The average Bonchev–Trinajstić information content (AvgIpc) is 3.90. The number of aromatic nitrogens is 4. The zero-order chi connectivity index (χ0) is 59.8. The standard InChI is InChI=1S/C61H71Cl2FN6O14S/c1-39-51-40(2)55(63)56(54(39)62)83-48(35-66-18-17-65-3)37-81-47-13-14-49(43(33-47)34-50(61(71)72)84-59-53-52(51)57(85-60(53)69-38-68-59)41-5-9-44(64)10-6-41)82-36-45-15-16-67-58(70-45)42-7-11-46(12-8-42)80-32-31-79-30-29-78-28-27-77-26-25-76-24-23-75-22-21-74-20-19-73-4/h5-16,33,38,48,50,65-66H,17-32,34-37H2,1-4H3,(H,71,72)/t48-,50-/m1/s1. The predicted molar refractivity (Wildman–Crippen MR) is 321 cm³/mol. The Morgan fingerprint density at radius 3 is 1.98 bits per heavy atom. The van der Waals surface area contributed by atoms with Crippen LogP contribution in [-0.2, 0) is 51.0 Å². The van der Waals surface area contributed by atoms with Crippen LogP contribution in [0.4, 0.5) is 4.39 Å². The van der Waals surface area contributed by atoms with Gasteiger partial charge in [-0.1, -0.05) is 35.3 Å². The molecule has 4 aromatic carbocycles. The number of ether oxygens (including phenoxy) is 12. The van der Waals surface area contributed by atoms with Crippen molar-refractivity contribution in [1.82, 2.24) is 30.6 Å². The highest BCUT2D eigenvalue weighted by molar-refractivity contribution is 7.22. The Morgan fingerprint density at radius 2 is 1.35 bits per heavy atom. The molecule has 2 aliphatic heterocycles. The number of halogens is 3. The first-order valence-electron chi connectivity index (χ1n) is 27.8. The molecule has 24 heteroatoms. The van der Waals surface area contributed by atoms with E-state index in [1.165, 1.54) is 29.8 Å². The van der Waals surface area contributed by atoms with Crippen molar-refractivity contribution in [1.29, 1.82) is 0 Å². The van der Waals surface area contributed by atoms with Gasteiger partial charge in [0.2, 0.25) is 12.0 Å². The van der Waals surface area contributed by atoms with Crippen LogP contribution in [0, 0.1) is 19.7 Å². The van der Waals surface area contributed by atoms with Crippen LogP contribution in [0.1, 0.15) is 22.4 Å². The van der Waals surface area contributed by atoms with Gasteiger partial charge in [0.25, 0.3) is 0 Å². The topological polar surface area (TPSA) is 224 Å². The maximum absolute atomic E-state index is 14.4. The first-order chi connectivity index (χ1) is 41.5. The lowest BCUT2D eigenvalue weighted by Crippen LogP contribution is -2.38. The van der Waals surface area contributed by atoms with Gasteiger partial charge in [-0.2, -0.15) is 0 Å². The summed E-state index contributed by atoms with van der Waals surface area (Å²) in [5.41, 5.74) is 4.91. The normalized spacial score (nSPS) is 14.2. The fourth-order valence-electron chi connectivity index (χ4n) is 8.91. The zero-order valence-corrected chi connectivity index (χ0v) is 50.3. The number of nitrogens with one attached hydrogen (secondary N) is 2. The van der Waals surface area contributed by atoms with E-state index in [0.717, 1.165) is 5.56 Å². The molecule has 4 bridgehead atoms. The number of rotatable bonds is 33. The van der Waals surface area contributed by atoms with E-state index in [4.69, 9.17) is 85.0 Å². The lowest BCUT2D eigenvalue weighted by molar-refractivity contribution is -0.145. The monoisotopic (exact) mass is 1230 g/mol. The Morgan fingerprint density at radius 1 is 0.729 bits per heavy atom. The van der Waals surface area contributed by atoms with Gasteiger partial charge in [-0.05, 0) is 104 Å². The van der Waals surface area contributed by atoms with Crippen molar-refractivity contribution in [3.05, 3.63) is 124 Å². The van der Waals surface area contributed by atoms with Crippen LogP contribution in [0.3, 0.4) is 0 Å². The predicted octanol–water partition coefficient (Wildman–Crippen LogP) is 9.27. The van der Waals surface area contributed by atoms with E-state index < -0.39 is 24.0 Å². The summed E-state index contributed by atoms with van der Waals surface area (Å²) in [5, 5.41) is 18.4. The van der Waals surface area contributed by atoms with Gasteiger partial charge in [0.15, 0.2) is 11.6 Å². The van der Waals surface area contributed by atoms with Crippen LogP contribution < -0.4 is 34.3 Å². The molecule has 85 heavy (non-hydrogen) atoms. The number of thiophene rings is 1. The maximum Gasteiger partial charge on any atom is 0.345 e. The van der Waals surface area contributed by atoms with E-state index in [-0.39, 0.29) is 41.3 Å². The Kier molecular flexibility index (Phi) is 25.9. The van der Waals surface area contributed by atoms with Crippen molar-refractivity contribution in [2.24, 2.45) is 0 Å². The molecule has 0 saturated carbocycles. The van der Waals surface area contributed by atoms with E-state index in [1.807, 2.05) is 45.2 Å². The molecule has 20 nitrogen and oxygen atoms in total. The summed E-state index contributed by atoms with van der Waals surface area (Å²) in [6, 6.07) is 20.4. The maximum atomic E-state index is 14.4. The number of hydrogen-bond donors (Lipinski definition) is 3. The van der Waals surface area contributed by atoms with Gasteiger partial charge in [0.05, 0.1) is 107 Å². The molecular formula is C61H71Cl2FN6O14S. The number of methoxy groups -OCH3 is 1. The van der Waals surface area contributed by atoms with Crippen LogP contribution >= 0.6 is 34.5 Å². The van der Waals surface area contributed by atoms with E-state index in [0.29, 0.717) is 189 Å². The van der Waals surface area contributed by atoms with Gasteiger partial charge in [-0.25, -0.2) is 29.1 Å². The quantitative estimate of drug-likeness (QED) is 0.0326. The number of carboxylic acids is 1. The fraction of sp³-hybridized carbons (Fsp3) is 0.426. The fourth-order valence-corrected chi connectivity index (χ4v) is 10.6. The molecular weight excluding hydrogens is 1160 g/mol. The molecule has 0 spiro atoms. The summed E-state index contributed by atoms with van der Waals surface area (Å²) in [5.74, 6) is 0.483. The van der Waals surface area contributed by atoms with E-state index >= 15 is 0 Å².